The number of anilines is 2. The highest BCUT2D eigenvalue weighted by atomic mass is 32.2. The molecule has 1 aromatic rings. The maximum atomic E-state index is 11.2. The molecule has 0 aliphatic heterocycles. The molecule has 0 heterocycles. The van der Waals surface area contributed by atoms with E-state index in [0.717, 1.165) is 0 Å². The van der Waals surface area contributed by atoms with Gasteiger partial charge < -0.3 is 0 Å². The smallest absolute Gasteiger partial charge is 0.271 e. The first-order valence-corrected chi connectivity index (χ1v) is 7.37. The van der Waals surface area contributed by atoms with E-state index in [4.69, 9.17) is 5.14 Å². The quantitative estimate of drug-likeness (QED) is 0.561. The zero-order valence-electron chi connectivity index (χ0n) is 8.84. The Morgan fingerprint density at radius 3 is 2.06 bits per heavy atom. The van der Waals surface area contributed by atoms with Crippen LogP contribution in [-0.4, -0.2) is 23.9 Å². The highest BCUT2D eigenvalue weighted by Crippen LogP contribution is 2.16. The number of hydrogen-bond donors (Lipinski definition) is 4. The molecule has 0 aromatic heterocycles. The van der Waals surface area contributed by atoms with Crippen molar-refractivity contribution in [1.29, 1.82) is 0 Å². The van der Waals surface area contributed by atoms with Crippen molar-refractivity contribution >= 4 is 31.8 Å². The van der Waals surface area contributed by atoms with Crippen molar-refractivity contribution in [1.82, 2.24) is 4.72 Å². The summed E-state index contributed by atoms with van der Waals surface area (Å²) in [7, 11) is -6.28. The standard InChI is InChI=1S/C7H12N4O4S2/c1-9-17(14,15)11-7-4-2-3-6(5-7)10-16(8,12)13/h2-5,9-11H,1H3,(H2,8,12,13). The van der Waals surface area contributed by atoms with Gasteiger partial charge in [0.2, 0.25) is 0 Å². The van der Waals surface area contributed by atoms with Crippen LogP contribution in [0.3, 0.4) is 0 Å². The van der Waals surface area contributed by atoms with Gasteiger partial charge in [-0.15, -0.1) is 0 Å². The van der Waals surface area contributed by atoms with Gasteiger partial charge >= 0.3 is 0 Å². The van der Waals surface area contributed by atoms with E-state index >= 15 is 0 Å². The summed E-state index contributed by atoms with van der Waals surface area (Å²) in [5.41, 5.74) is 0.358. The molecule has 0 unspecified atom stereocenters. The van der Waals surface area contributed by atoms with Gasteiger partial charge in [-0.25, -0.2) is 9.86 Å². The van der Waals surface area contributed by atoms with Gasteiger partial charge in [-0.3, -0.25) is 9.44 Å². The summed E-state index contributed by atoms with van der Waals surface area (Å²) in [4.78, 5) is 0. The molecule has 1 aromatic carbocycles. The van der Waals surface area contributed by atoms with E-state index in [2.05, 4.69) is 9.44 Å². The van der Waals surface area contributed by atoms with Gasteiger partial charge in [-0.1, -0.05) is 6.07 Å². The average Bonchev–Trinajstić information content (AvgIpc) is 2.14. The van der Waals surface area contributed by atoms with Crippen molar-refractivity contribution in [2.75, 3.05) is 16.5 Å². The molecule has 10 heteroatoms. The number of nitrogens with two attached hydrogens (primary N) is 1. The fraction of sp³-hybridized carbons (Fsp3) is 0.143. The van der Waals surface area contributed by atoms with Crippen molar-refractivity contribution in [3.05, 3.63) is 24.3 Å². The van der Waals surface area contributed by atoms with Gasteiger partial charge in [-0.2, -0.15) is 16.8 Å². The molecule has 96 valence electrons. The third-order valence-corrected chi connectivity index (χ3v) is 3.21. The third kappa shape index (κ3) is 4.99. The molecule has 0 saturated heterocycles. The predicted molar refractivity (Wildman–Crippen MR) is 64.8 cm³/mol. The van der Waals surface area contributed by atoms with Gasteiger partial charge in [0.1, 0.15) is 0 Å². The molecule has 17 heavy (non-hydrogen) atoms. The lowest BCUT2D eigenvalue weighted by Crippen LogP contribution is -2.26. The number of benzene rings is 1. The molecule has 0 aliphatic rings. The van der Waals surface area contributed by atoms with Crippen LogP contribution in [0.1, 0.15) is 0 Å². The highest BCUT2D eigenvalue weighted by molar-refractivity contribution is 7.91. The van der Waals surface area contributed by atoms with Crippen molar-refractivity contribution in [3.8, 4) is 0 Å². The molecular weight excluding hydrogens is 268 g/mol. The zero-order chi connectivity index (χ0) is 13.1. The Labute approximate surface area is 99.6 Å². The van der Waals surface area contributed by atoms with Crippen molar-refractivity contribution < 1.29 is 16.8 Å². The Bertz CT molecular complexity index is 596. The minimum Gasteiger partial charge on any atom is -0.271 e. The lowest BCUT2D eigenvalue weighted by molar-refractivity contribution is 0.593. The van der Waals surface area contributed by atoms with E-state index in [9.17, 15) is 16.8 Å². The van der Waals surface area contributed by atoms with Crippen LogP contribution in [0.15, 0.2) is 24.3 Å². The number of rotatable bonds is 5. The second kappa shape index (κ2) is 4.87. The van der Waals surface area contributed by atoms with E-state index in [1.54, 1.807) is 0 Å². The van der Waals surface area contributed by atoms with Gasteiger partial charge in [0.15, 0.2) is 0 Å². The van der Waals surface area contributed by atoms with Crippen molar-refractivity contribution in [3.63, 3.8) is 0 Å². The van der Waals surface area contributed by atoms with E-state index in [1.807, 2.05) is 4.72 Å². The summed E-state index contributed by atoms with van der Waals surface area (Å²) in [6.45, 7) is 0. The van der Waals surface area contributed by atoms with E-state index < -0.39 is 20.4 Å². The molecule has 5 N–H and O–H groups in total. The van der Waals surface area contributed by atoms with E-state index in [1.165, 1.54) is 31.3 Å². The maximum absolute atomic E-state index is 11.2. The van der Waals surface area contributed by atoms with Crippen LogP contribution in [0.5, 0.6) is 0 Å². The molecule has 0 atom stereocenters. The van der Waals surface area contributed by atoms with Crippen LogP contribution < -0.4 is 19.3 Å². The fourth-order valence-electron chi connectivity index (χ4n) is 1.02. The zero-order valence-corrected chi connectivity index (χ0v) is 10.5. The predicted octanol–water partition coefficient (Wildman–Crippen LogP) is -0.822. The molecule has 1 rings (SSSR count). The molecule has 0 radical (unpaired) electrons. The molecule has 0 saturated carbocycles. The van der Waals surface area contributed by atoms with Crippen LogP contribution in [0.2, 0.25) is 0 Å². The minimum atomic E-state index is -3.89. The molecule has 8 nitrogen and oxygen atoms in total. The van der Waals surface area contributed by atoms with Crippen LogP contribution in [0.4, 0.5) is 11.4 Å². The Morgan fingerprint density at radius 1 is 1.06 bits per heavy atom. The summed E-state index contributed by atoms with van der Waals surface area (Å²) in [6, 6.07) is 5.66. The topological polar surface area (TPSA) is 130 Å². The molecule has 0 amide bonds. The molecule has 0 spiro atoms. The van der Waals surface area contributed by atoms with Crippen LogP contribution in [0.25, 0.3) is 0 Å². The van der Waals surface area contributed by atoms with E-state index in [0.29, 0.717) is 0 Å². The lowest BCUT2D eigenvalue weighted by atomic mass is 10.3. The van der Waals surface area contributed by atoms with Gasteiger partial charge in [0.25, 0.3) is 20.4 Å². The van der Waals surface area contributed by atoms with Gasteiger partial charge in [0, 0.05) is 7.05 Å². The first-order valence-electron chi connectivity index (χ1n) is 4.34. The van der Waals surface area contributed by atoms with Crippen LogP contribution >= 0.6 is 0 Å². The second-order valence-corrected chi connectivity index (χ2v) is 5.95. The van der Waals surface area contributed by atoms with Crippen LogP contribution in [-0.2, 0) is 20.4 Å². The van der Waals surface area contributed by atoms with Crippen LogP contribution in [0, 0.1) is 0 Å². The summed E-state index contributed by atoms with van der Waals surface area (Å²) >= 11 is 0. The lowest BCUT2D eigenvalue weighted by Gasteiger charge is -2.08. The number of hydrogen-bond acceptors (Lipinski definition) is 4. The summed E-state index contributed by atoms with van der Waals surface area (Å²) in [5.74, 6) is 0. The summed E-state index contributed by atoms with van der Waals surface area (Å²) in [6.07, 6.45) is 0. The Morgan fingerprint density at radius 2 is 1.59 bits per heavy atom. The monoisotopic (exact) mass is 280 g/mol. The first-order chi connectivity index (χ1) is 7.72. The number of nitrogens with one attached hydrogen (secondary N) is 3. The second-order valence-electron chi connectivity index (χ2n) is 3.04. The Hall–Kier alpha value is -1.36. The van der Waals surface area contributed by atoms with Crippen molar-refractivity contribution in [2.24, 2.45) is 5.14 Å². The van der Waals surface area contributed by atoms with Crippen molar-refractivity contribution in [2.45, 2.75) is 0 Å². The maximum Gasteiger partial charge on any atom is 0.298 e. The Balaban J connectivity index is 2.95. The highest BCUT2D eigenvalue weighted by Gasteiger charge is 2.07. The van der Waals surface area contributed by atoms with E-state index in [-0.39, 0.29) is 11.4 Å². The van der Waals surface area contributed by atoms with Gasteiger partial charge in [0.05, 0.1) is 11.4 Å². The third-order valence-electron chi connectivity index (χ3n) is 1.64. The largest absolute Gasteiger partial charge is 0.298 e. The van der Waals surface area contributed by atoms with Gasteiger partial charge in [-0.05, 0) is 18.2 Å². The molecule has 0 bridgehead atoms. The normalized spacial score (nSPS) is 12.1. The molecular formula is C7H12N4O4S2. The first kappa shape index (κ1) is 13.7. The Kier molecular flexibility index (Phi) is 3.93. The minimum absolute atomic E-state index is 0.156. The summed E-state index contributed by atoms with van der Waals surface area (Å²) < 4.78 is 50.2. The molecule has 0 aliphatic carbocycles. The average molecular weight is 280 g/mol. The summed E-state index contributed by atoms with van der Waals surface area (Å²) in [5, 5.41) is 4.78. The SMILES string of the molecule is CNS(=O)(=O)Nc1cccc(NS(N)(=O)=O)c1. The fourth-order valence-corrected chi connectivity index (χ4v) is 2.01. The molecule has 0 fully saturated rings.